The fraction of sp³-hybridized carbons (Fsp3) is 0.579. The molecule has 1 fully saturated rings. The first-order chi connectivity index (χ1) is 12.1. The third kappa shape index (κ3) is 7.88. The Morgan fingerprint density at radius 2 is 2.04 bits per heavy atom. The smallest absolute Gasteiger partial charge is 0.224 e. The van der Waals surface area contributed by atoms with Gasteiger partial charge in [-0.05, 0) is 43.4 Å². The number of guanidine groups is 1. The average Bonchev–Trinajstić information content (AvgIpc) is 2.59. The van der Waals surface area contributed by atoms with Gasteiger partial charge in [-0.25, -0.2) is 4.39 Å². The minimum atomic E-state index is -0.290. The summed E-state index contributed by atoms with van der Waals surface area (Å²) < 4.78 is 12.9. The second-order valence-electron chi connectivity index (χ2n) is 6.58. The number of likely N-dealkylation sites (tertiary alicyclic amines) is 1. The molecule has 2 rings (SSSR count). The number of amides is 1. The number of piperidine rings is 1. The molecule has 5 nitrogen and oxygen atoms in total. The lowest BCUT2D eigenvalue weighted by molar-refractivity contribution is -0.120. The minimum absolute atomic E-state index is 0. The highest BCUT2D eigenvalue weighted by atomic mass is 127. The summed E-state index contributed by atoms with van der Waals surface area (Å²) in [6.07, 6.45) is 2.73. The maximum atomic E-state index is 12.9. The number of hydrogen-bond acceptors (Lipinski definition) is 2. The predicted molar refractivity (Wildman–Crippen MR) is 114 cm³/mol. The van der Waals surface area contributed by atoms with Crippen LogP contribution in [0, 0.1) is 11.7 Å². The molecule has 0 radical (unpaired) electrons. The van der Waals surface area contributed by atoms with Gasteiger partial charge in [-0.1, -0.05) is 19.1 Å². The molecule has 0 spiro atoms. The highest BCUT2D eigenvalue weighted by molar-refractivity contribution is 14.0. The molecule has 0 saturated carbocycles. The molecule has 26 heavy (non-hydrogen) atoms. The summed E-state index contributed by atoms with van der Waals surface area (Å²) in [5.74, 6) is 1.26. The van der Waals surface area contributed by atoms with E-state index >= 15 is 0 Å². The van der Waals surface area contributed by atoms with E-state index in [1.165, 1.54) is 25.0 Å². The minimum Gasteiger partial charge on any atom is -0.357 e. The van der Waals surface area contributed by atoms with Crippen molar-refractivity contribution in [2.24, 2.45) is 10.9 Å². The molecule has 1 unspecified atom stereocenters. The summed E-state index contributed by atoms with van der Waals surface area (Å²) in [6, 6.07) is 6.01. The van der Waals surface area contributed by atoms with E-state index in [-0.39, 0.29) is 42.1 Å². The van der Waals surface area contributed by atoms with Crippen LogP contribution in [0.1, 0.15) is 32.3 Å². The Morgan fingerprint density at radius 1 is 1.31 bits per heavy atom. The molecule has 1 atom stereocenters. The highest BCUT2D eigenvalue weighted by Gasteiger charge is 2.18. The molecule has 1 heterocycles. The molecule has 1 aliphatic rings. The summed E-state index contributed by atoms with van der Waals surface area (Å²) in [5.41, 5.74) is 0.804. The summed E-state index contributed by atoms with van der Waals surface area (Å²) in [5, 5.41) is 6.20. The Hall–Kier alpha value is -1.38. The van der Waals surface area contributed by atoms with Gasteiger partial charge in [0.25, 0.3) is 0 Å². The Morgan fingerprint density at radius 3 is 2.69 bits per heavy atom. The first kappa shape index (κ1) is 22.7. The van der Waals surface area contributed by atoms with Crippen LogP contribution in [0.15, 0.2) is 29.3 Å². The van der Waals surface area contributed by atoms with Gasteiger partial charge in [-0.15, -0.1) is 24.0 Å². The zero-order valence-corrected chi connectivity index (χ0v) is 18.0. The van der Waals surface area contributed by atoms with Crippen LogP contribution in [0.2, 0.25) is 0 Å². The Labute approximate surface area is 172 Å². The number of nitrogens with zero attached hydrogens (tertiary/aromatic N) is 2. The summed E-state index contributed by atoms with van der Waals surface area (Å²) in [4.78, 5) is 18.9. The number of rotatable bonds is 6. The van der Waals surface area contributed by atoms with Gasteiger partial charge in [0, 0.05) is 26.2 Å². The van der Waals surface area contributed by atoms with E-state index in [1.54, 1.807) is 12.1 Å². The van der Waals surface area contributed by atoms with E-state index in [1.807, 2.05) is 0 Å². The van der Waals surface area contributed by atoms with Gasteiger partial charge >= 0.3 is 0 Å². The molecule has 1 saturated heterocycles. The molecule has 0 bridgehead atoms. The quantitative estimate of drug-likeness (QED) is 0.288. The van der Waals surface area contributed by atoms with E-state index in [9.17, 15) is 9.18 Å². The Balaban J connectivity index is 0.00000338. The van der Waals surface area contributed by atoms with Gasteiger partial charge in [0.05, 0.1) is 13.0 Å². The topological polar surface area (TPSA) is 56.7 Å². The summed E-state index contributed by atoms with van der Waals surface area (Å²) in [7, 11) is 0. The number of carbonyl (C=O) groups is 1. The van der Waals surface area contributed by atoms with E-state index in [4.69, 9.17) is 0 Å². The molecule has 1 aromatic rings. The largest absolute Gasteiger partial charge is 0.357 e. The fourth-order valence-corrected chi connectivity index (χ4v) is 3.01. The van der Waals surface area contributed by atoms with Crippen molar-refractivity contribution < 1.29 is 9.18 Å². The van der Waals surface area contributed by atoms with Gasteiger partial charge in [-0.2, -0.15) is 0 Å². The first-order valence-electron chi connectivity index (χ1n) is 9.13. The van der Waals surface area contributed by atoms with E-state index in [0.29, 0.717) is 19.0 Å². The third-order valence-corrected chi connectivity index (χ3v) is 4.26. The zero-order chi connectivity index (χ0) is 18.1. The fourth-order valence-electron chi connectivity index (χ4n) is 3.01. The van der Waals surface area contributed by atoms with Crippen LogP contribution in [-0.2, 0) is 11.2 Å². The molecule has 1 aliphatic heterocycles. The van der Waals surface area contributed by atoms with Crippen LogP contribution in [0.3, 0.4) is 0 Å². The predicted octanol–water partition coefficient (Wildman–Crippen LogP) is 2.80. The molecule has 1 amide bonds. The number of carbonyl (C=O) groups excluding carboxylic acids is 1. The second-order valence-corrected chi connectivity index (χ2v) is 6.58. The van der Waals surface area contributed by atoms with Crippen LogP contribution in [0.5, 0.6) is 0 Å². The molecule has 1 aromatic carbocycles. The lowest BCUT2D eigenvalue weighted by Crippen LogP contribution is -2.46. The Kier molecular flexibility index (Phi) is 10.5. The van der Waals surface area contributed by atoms with Crippen molar-refractivity contribution in [3.8, 4) is 0 Å². The maximum Gasteiger partial charge on any atom is 0.224 e. The molecule has 0 aromatic heterocycles. The van der Waals surface area contributed by atoms with E-state index in [0.717, 1.165) is 31.2 Å². The lowest BCUT2D eigenvalue weighted by Gasteiger charge is -2.33. The monoisotopic (exact) mass is 476 g/mol. The molecular weight excluding hydrogens is 446 g/mol. The van der Waals surface area contributed by atoms with Crippen LogP contribution >= 0.6 is 24.0 Å². The summed E-state index contributed by atoms with van der Waals surface area (Å²) in [6.45, 7) is 8.27. The number of halogens is 2. The van der Waals surface area contributed by atoms with Crippen molar-refractivity contribution in [1.82, 2.24) is 15.5 Å². The molecule has 2 N–H and O–H groups in total. The van der Waals surface area contributed by atoms with Crippen LogP contribution < -0.4 is 10.6 Å². The van der Waals surface area contributed by atoms with Crippen molar-refractivity contribution in [2.45, 2.75) is 33.1 Å². The Bertz CT molecular complexity index is 579. The van der Waals surface area contributed by atoms with Crippen molar-refractivity contribution in [2.75, 3.05) is 32.7 Å². The number of nitrogens with one attached hydrogen (secondary N) is 2. The average molecular weight is 476 g/mol. The van der Waals surface area contributed by atoms with Gasteiger partial charge in [0.2, 0.25) is 5.91 Å². The van der Waals surface area contributed by atoms with Gasteiger partial charge in [0.15, 0.2) is 5.96 Å². The first-order valence-corrected chi connectivity index (χ1v) is 9.13. The molecular formula is C19H30FIN4O. The van der Waals surface area contributed by atoms with Crippen molar-refractivity contribution >= 4 is 35.8 Å². The van der Waals surface area contributed by atoms with Gasteiger partial charge < -0.3 is 15.5 Å². The standard InChI is InChI=1S/C19H29FN4O.HI/c1-3-21-19(24-12-4-5-15(2)14-24)23-11-10-22-18(25)13-16-6-8-17(20)9-7-16;/h6-9,15H,3-5,10-14H2,1-2H3,(H,21,23)(H,22,25);1H. The number of hydrogen-bond donors (Lipinski definition) is 2. The second kappa shape index (κ2) is 12.1. The van der Waals surface area contributed by atoms with Crippen LogP contribution in [0.25, 0.3) is 0 Å². The van der Waals surface area contributed by atoms with Crippen molar-refractivity contribution in [1.29, 1.82) is 0 Å². The van der Waals surface area contributed by atoms with Crippen molar-refractivity contribution in [3.05, 3.63) is 35.6 Å². The summed E-state index contributed by atoms with van der Waals surface area (Å²) >= 11 is 0. The molecule has 0 aliphatic carbocycles. The van der Waals surface area contributed by atoms with Crippen molar-refractivity contribution in [3.63, 3.8) is 0 Å². The van der Waals surface area contributed by atoms with Gasteiger partial charge in [0.1, 0.15) is 5.82 Å². The zero-order valence-electron chi connectivity index (χ0n) is 15.6. The van der Waals surface area contributed by atoms with Gasteiger partial charge in [-0.3, -0.25) is 9.79 Å². The molecule has 7 heteroatoms. The lowest BCUT2D eigenvalue weighted by atomic mass is 10.0. The van der Waals surface area contributed by atoms with E-state index in [2.05, 4.69) is 34.4 Å². The number of aliphatic imine (C=N–C) groups is 1. The maximum absolute atomic E-state index is 12.9. The SMILES string of the molecule is CCNC(=NCCNC(=O)Cc1ccc(F)cc1)N1CCCC(C)C1.I. The third-order valence-electron chi connectivity index (χ3n) is 4.26. The normalized spacial score (nSPS) is 17.4. The van der Waals surface area contributed by atoms with Crippen LogP contribution in [0.4, 0.5) is 4.39 Å². The number of benzene rings is 1. The van der Waals surface area contributed by atoms with E-state index < -0.39 is 0 Å². The highest BCUT2D eigenvalue weighted by Crippen LogP contribution is 2.15. The molecule has 146 valence electrons. The van der Waals surface area contributed by atoms with Crippen LogP contribution in [-0.4, -0.2) is 49.5 Å².